The van der Waals surface area contributed by atoms with Crippen LogP contribution in [-0.4, -0.2) is 30.1 Å². The van der Waals surface area contributed by atoms with E-state index in [9.17, 15) is 0 Å². The normalized spacial score (nSPS) is 11.1. The molecule has 0 aromatic heterocycles. The van der Waals surface area contributed by atoms with Gasteiger partial charge in [0.05, 0.1) is 0 Å². The summed E-state index contributed by atoms with van der Waals surface area (Å²) >= 11 is 0. The minimum absolute atomic E-state index is 0.601. The zero-order valence-electron chi connectivity index (χ0n) is 11.5. The van der Waals surface area contributed by atoms with Gasteiger partial charge in [0.25, 0.3) is 6.26 Å². The van der Waals surface area contributed by atoms with Crippen molar-refractivity contribution in [2.24, 2.45) is 0 Å². The quantitative estimate of drug-likeness (QED) is 0.541. The van der Waals surface area contributed by atoms with E-state index in [4.69, 9.17) is 23.3 Å². The van der Waals surface area contributed by atoms with Gasteiger partial charge in [-0.15, -0.1) is 5.26 Å². The van der Waals surface area contributed by atoms with Crippen LogP contribution >= 0.6 is 0 Å². The van der Waals surface area contributed by atoms with Crippen molar-refractivity contribution in [3.8, 4) is 12.0 Å². The molecule has 0 amide bonds. The summed E-state index contributed by atoms with van der Waals surface area (Å²) < 4.78 is 21.0. The number of nitrogens with zero attached hydrogens (tertiary/aromatic N) is 1. The number of ether oxygens (including phenoxy) is 1. The lowest BCUT2D eigenvalue weighted by Gasteiger charge is -2.24. The maximum absolute atomic E-state index is 8.59. The highest BCUT2D eigenvalue weighted by atomic mass is 28.4. The van der Waals surface area contributed by atoms with Gasteiger partial charge in [0.15, 0.2) is 0 Å². The predicted molar refractivity (Wildman–Crippen MR) is 72.6 cm³/mol. The van der Waals surface area contributed by atoms with Crippen LogP contribution < -0.4 is 4.74 Å². The predicted octanol–water partition coefficient (Wildman–Crippen LogP) is 2.36. The topological polar surface area (TPSA) is 60.7 Å². The Bertz CT molecular complexity index is 421. The maximum atomic E-state index is 8.59. The van der Waals surface area contributed by atoms with Gasteiger partial charge in [-0.2, -0.15) is 0 Å². The van der Waals surface area contributed by atoms with Crippen LogP contribution in [0, 0.1) is 11.5 Å². The standard InChI is InChI=1S/C13H19NO4Si/c1-15-19(16-2,17-3)10-6-8-12-7-4-5-9-13(12)18-11-14/h4-5,7,9H,6,8,10H2,1-3H3. The molecular weight excluding hydrogens is 262 g/mol. The second-order valence-corrected chi connectivity index (χ2v) is 7.04. The molecule has 0 radical (unpaired) electrons. The highest BCUT2D eigenvalue weighted by Crippen LogP contribution is 2.22. The summed E-state index contributed by atoms with van der Waals surface area (Å²) in [5, 5.41) is 8.59. The van der Waals surface area contributed by atoms with Crippen LogP contribution in [0.25, 0.3) is 0 Å². The first-order chi connectivity index (χ1) is 9.21. The van der Waals surface area contributed by atoms with Gasteiger partial charge < -0.3 is 18.0 Å². The average Bonchev–Trinajstić information content (AvgIpc) is 2.46. The van der Waals surface area contributed by atoms with Crippen LogP contribution in [0.1, 0.15) is 12.0 Å². The molecule has 0 bridgehead atoms. The number of hydrogen-bond donors (Lipinski definition) is 0. The van der Waals surface area contributed by atoms with Crippen molar-refractivity contribution >= 4 is 8.80 Å². The number of aryl methyl sites for hydroxylation is 1. The van der Waals surface area contributed by atoms with Crippen molar-refractivity contribution < 1.29 is 18.0 Å². The summed E-state index contributed by atoms with van der Waals surface area (Å²) in [4.78, 5) is 0. The third-order valence-corrected chi connectivity index (χ3v) is 5.82. The summed E-state index contributed by atoms with van der Waals surface area (Å²) in [6, 6.07) is 8.22. The van der Waals surface area contributed by atoms with E-state index in [1.807, 2.05) is 18.2 Å². The smallest absolute Gasteiger partial charge is 0.388 e. The fourth-order valence-electron chi connectivity index (χ4n) is 1.91. The van der Waals surface area contributed by atoms with E-state index in [1.165, 1.54) is 0 Å². The van der Waals surface area contributed by atoms with Crippen molar-refractivity contribution in [1.82, 2.24) is 0 Å². The lowest BCUT2D eigenvalue weighted by molar-refractivity contribution is 0.123. The molecule has 0 aliphatic heterocycles. The molecule has 1 aromatic rings. The van der Waals surface area contributed by atoms with Crippen molar-refractivity contribution in [2.75, 3.05) is 21.3 Å². The Morgan fingerprint density at radius 2 is 1.74 bits per heavy atom. The monoisotopic (exact) mass is 281 g/mol. The molecule has 6 heteroatoms. The largest absolute Gasteiger partial charge is 0.500 e. The third kappa shape index (κ3) is 4.33. The molecule has 0 N–H and O–H groups in total. The molecule has 0 atom stereocenters. The SMILES string of the molecule is CO[Si](CCCc1ccccc1OC#N)(OC)OC. The second kappa shape index (κ2) is 7.91. The number of rotatable bonds is 8. The lowest BCUT2D eigenvalue weighted by atomic mass is 10.1. The van der Waals surface area contributed by atoms with Gasteiger partial charge in [-0.25, -0.2) is 0 Å². The molecule has 104 valence electrons. The van der Waals surface area contributed by atoms with E-state index in [2.05, 4.69) is 0 Å². The van der Waals surface area contributed by atoms with Gasteiger partial charge in [-0.3, -0.25) is 0 Å². The summed E-state index contributed by atoms with van der Waals surface area (Å²) in [5.74, 6) is 0.601. The molecule has 0 fully saturated rings. The fourth-order valence-corrected chi connectivity index (χ4v) is 3.63. The highest BCUT2D eigenvalue weighted by Gasteiger charge is 2.36. The van der Waals surface area contributed by atoms with E-state index in [-0.39, 0.29) is 0 Å². The summed E-state index contributed by atoms with van der Waals surface area (Å²) in [7, 11) is 2.30. The Hall–Kier alpha value is -1.39. The van der Waals surface area contributed by atoms with Crippen LogP contribution in [0.2, 0.25) is 6.04 Å². The number of para-hydroxylation sites is 1. The molecule has 1 aromatic carbocycles. The van der Waals surface area contributed by atoms with E-state index < -0.39 is 8.80 Å². The zero-order valence-corrected chi connectivity index (χ0v) is 12.5. The molecule has 0 unspecified atom stereocenters. The highest BCUT2D eigenvalue weighted by molar-refractivity contribution is 6.60. The van der Waals surface area contributed by atoms with Crippen molar-refractivity contribution in [3.05, 3.63) is 29.8 Å². The first-order valence-electron chi connectivity index (χ1n) is 6.00. The molecule has 0 heterocycles. The summed E-state index contributed by atoms with van der Waals surface area (Å²) in [6.07, 6.45) is 3.32. The Balaban J connectivity index is 2.60. The molecule has 0 saturated carbocycles. The molecule has 0 saturated heterocycles. The molecule has 0 spiro atoms. The number of hydrogen-bond acceptors (Lipinski definition) is 5. The van der Waals surface area contributed by atoms with Crippen LogP contribution in [0.4, 0.5) is 0 Å². The molecule has 0 aliphatic carbocycles. The number of nitriles is 1. The van der Waals surface area contributed by atoms with E-state index in [1.54, 1.807) is 33.7 Å². The van der Waals surface area contributed by atoms with Gasteiger partial charge >= 0.3 is 8.80 Å². The second-order valence-electron chi connectivity index (χ2n) is 3.95. The zero-order chi connectivity index (χ0) is 14.1. The maximum Gasteiger partial charge on any atom is 0.500 e. The van der Waals surface area contributed by atoms with E-state index in [0.29, 0.717) is 5.75 Å². The molecule has 19 heavy (non-hydrogen) atoms. The van der Waals surface area contributed by atoms with Crippen LogP contribution in [0.15, 0.2) is 24.3 Å². The van der Waals surface area contributed by atoms with Crippen molar-refractivity contribution in [2.45, 2.75) is 18.9 Å². The van der Waals surface area contributed by atoms with Gasteiger partial charge in [0.1, 0.15) is 5.75 Å². The first-order valence-corrected chi connectivity index (χ1v) is 7.94. The van der Waals surface area contributed by atoms with Crippen LogP contribution in [-0.2, 0) is 19.7 Å². The third-order valence-electron chi connectivity index (χ3n) is 2.99. The fraction of sp³-hybridized carbons (Fsp3) is 0.462. The lowest BCUT2D eigenvalue weighted by Crippen LogP contribution is -2.42. The van der Waals surface area contributed by atoms with Crippen LogP contribution in [0.5, 0.6) is 5.75 Å². The van der Waals surface area contributed by atoms with E-state index >= 15 is 0 Å². The van der Waals surface area contributed by atoms with Gasteiger partial charge in [-0.05, 0) is 24.5 Å². The van der Waals surface area contributed by atoms with E-state index in [0.717, 1.165) is 24.4 Å². The van der Waals surface area contributed by atoms with Crippen molar-refractivity contribution in [1.29, 1.82) is 5.26 Å². The Morgan fingerprint density at radius 3 is 2.32 bits per heavy atom. The number of benzene rings is 1. The van der Waals surface area contributed by atoms with Crippen molar-refractivity contribution in [3.63, 3.8) is 0 Å². The van der Waals surface area contributed by atoms with Crippen LogP contribution in [0.3, 0.4) is 0 Å². The molecular formula is C13H19NO4Si. The summed E-state index contributed by atoms with van der Waals surface area (Å²) in [5.41, 5.74) is 0.996. The molecule has 5 nitrogen and oxygen atoms in total. The average molecular weight is 281 g/mol. The minimum Gasteiger partial charge on any atom is -0.388 e. The Labute approximate surface area is 115 Å². The Kier molecular flexibility index (Phi) is 6.52. The first kappa shape index (κ1) is 15.7. The van der Waals surface area contributed by atoms with Gasteiger partial charge in [0, 0.05) is 27.4 Å². The van der Waals surface area contributed by atoms with Gasteiger partial charge in [0.2, 0.25) is 0 Å². The summed E-state index contributed by atoms with van der Waals surface area (Å²) in [6.45, 7) is 0. The van der Waals surface area contributed by atoms with Gasteiger partial charge in [-0.1, -0.05) is 18.2 Å². The minimum atomic E-state index is -2.51. The Morgan fingerprint density at radius 1 is 1.11 bits per heavy atom. The molecule has 0 aliphatic rings. The molecule has 1 rings (SSSR count).